The molecule has 0 fully saturated rings. The number of para-hydroxylation sites is 1. The van der Waals surface area contributed by atoms with Crippen LogP contribution in [0.15, 0.2) is 72.8 Å². The average Bonchev–Trinajstić information content (AvgIpc) is 3.46. The Bertz CT molecular complexity index is 1380. The van der Waals surface area contributed by atoms with Gasteiger partial charge in [-0.05, 0) is 55.2 Å². The van der Waals surface area contributed by atoms with Gasteiger partial charge in [-0.2, -0.15) is 5.10 Å². The summed E-state index contributed by atoms with van der Waals surface area (Å²) >= 11 is 0. The lowest BCUT2D eigenvalue weighted by Gasteiger charge is -2.27. The van der Waals surface area contributed by atoms with Gasteiger partial charge in [0.15, 0.2) is 11.5 Å². The third kappa shape index (κ3) is 4.77. The Morgan fingerprint density at radius 3 is 2.51 bits per heavy atom. The predicted molar refractivity (Wildman–Crippen MR) is 142 cm³/mol. The number of nitrogens with zero attached hydrogens (tertiary/aromatic N) is 2. The average molecular weight is 498 g/mol. The van der Waals surface area contributed by atoms with Crippen molar-refractivity contribution in [2.45, 2.75) is 32.7 Å². The van der Waals surface area contributed by atoms with E-state index in [2.05, 4.69) is 29.3 Å². The van der Waals surface area contributed by atoms with Crippen LogP contribution >= 0.6 is 0 Å². The van der Waals surface area contributed by atoms with Gasteiger partial charge in [0.25, 0.3) is 5.91 Å². The second kappa shape index (κ2) is 10.8. The monoisotopic (exact) mass is 497 g/mol. The first kappa shape index (κ1) is 24.4. The Kier molecular flexibility index (Phi) is 7.12. The Balaban J connectivity index is 1.60. The predicted octanol–water partition coefficient (Wildman–Crippen LogP) is 5.76. The summed E-state index contributed by atoms with van der Waals surface area (Å²) in [6.07, 6.45) is 1.60. The zero-order valence-electron chi connectivity index (χ0n) is 21.1. The summed E-state index contributed by atoms with van der Waals surface area (Å²) in [7, 11) is 0. The lowest BCUT2D eigenvalue weighted by atomic mass is 9.95. The van der Waals surface area contributed by atoms with Crippen LogP contribution in [-0.2, 0) is 6.42 Å². The summed E-state index contributed by atoms with van der Waals surface area (Å²) in [5, 5.41) is 18.0. The summed E-state index contributed by atoms with van der Waals surface area (Å²) in [6, 6.07) is 22.6. The van der Waals surface area contributed by atoms with Gasteiger partial charge in [0, 0.05) is 17.7 Å². The minimum absolute atomic E-state index is 0.115. The molecule has 1 aliphatic rings. The van der Waals surface area contributed by atoms with Crippen LogP contribution in [0.2, 0.25) is 0 Å². The number of carbonyl (C=O) groups is 1. The van der Waals surface area contributed by atoms with Gasteiger partial charge in [-0.3, -0.25) is 9.89 Å². The molecule has 3 aromatic carbocycles. The zero-order chi connectivity index (χ0) is 25.8. The molecule has 1 aliphatic heterocycles. The van der Waals surface area contributed by atoms with Crippen LogP contribution in [-0.4, -0.2) is 45.9 Å². The number of hydrogen-bond acceptors (Lipinski definition) is 5. The van der Waals surface area contributed by atoms with Crippen molar-refractivity contribution in [2.75, 3.05) is 19.8 Å². The standard InChI is InChI=1S/C30H31N3O4/c1-3-18-37-24-15-14-21(19-25(24)36-4-2)29-26-27(22-12-8-9-13-23(22)34)31-32-28(26)30(35)33(29)17-16-20-10-6-5-7-11-20/h5-15,19,29,34H,3-4,16-18H2,1-2H3,(H,31,32)/t29-/m0/s1. The molecule has 0 saturated heterocycles. The Labute approximate surface area is 216 Å². The molecule has 0 unspecified atom stereocenters. The van der Waals surface area contributed by atoms with E-state index in [4.69, 9.17) is 9.47 Å². The topological polar surface area (TPSA) is 87.7 Å². The molecule has 1 atom stereocenters. The first-order valence-corrected chi connectivity index (χ1v) is 12.7. The number of phenols is 1. The number of aromatic nitrogens is 2. The zero-order valence-corrected chi connectivity index (χ0v) is 21.1. The van der Waals surface area contributed by atoms with E-state index in [-0.39, 0.29) is 11.7 Å². The lowest BCUT2D eigenvalue weighted by molar-refractivity contribution is 0.0745. The first-order chi connectivity index (χ1) is 18.1. The number of benzene rings is 3. The molecule has 2 heterocycles. The maximum absolute atomic E-state index is 13.7. The van der Waals surface area contributed by atoms with Crippen LogP contribution in [0.1, 0.15) is 53.5 Å². The van der Waals surface area contributed by atoms with Crippen molar-refractivity contribution in [3.63, 3.8) is 0 Å². The van der Waals surface area contributed by atoms with Gasteiger partial charge in [-0.25, -0.2) is 0 Å². The van der Waals surface area contributed by atoms with E-state index in [1.807, 2.05) is 60.4 Å². The highest BCUT2D eigenvalue weighted by Crippen LogP contribution is 2.46. The van der Waals surface area contributed by atoms with E-state index in [1.165, 1.54) is 0 Å². The van der Waals surface area contributed by atoms with Crippen molar-refractivity contribution in [3.8, 4) is 28.5 Å². The third-order valence-electron chi connectivity index (χ3n) is 6.55. The van der Waals surface area contributed by atoms with Gasteiger partial charge in [-0.1, -0.05) is 55.5 Å². The molecule has 0 saturated carbocycles. The van der Waals surface area contributed by atoms with Gasteiger partial charge >= 0.3 is 0 Å². The Morgan fingerprint density at radius 2 is 1.76 bits per heavy atom. The van der Waals surface area contributed by atoms with Crippen LogP contribution in [0, 0.1) is 0 Å². The SMILES string of the molecule is CCCOc1ccc([C@H]2c3c(-c4ccccc4O)n[nH]c3C(=O)N2CCc2ccccc2)cc1OCC. The van der Waals surface area contributed by atoms with Crippen molar-refractivity contribution in [1.29, 1.82) is 0 Å². The number of nitrogens with one attached hydrogen (secondary N) is 1. The van der Waals surface area contributed by atoms with E-state index in [1.54, 1.807) is 12.1 Å². The maximum atomic E-state index is 13.7. The van der Waals surface area contributed by atoms with Crippen LogP contribution in [0.5, 0.6) is 17.2 Å². The number of rotatable bonds is 10. The second-order valence-electron chi connectivity index (χ2n) is 9.00. The van der Waals surface area contributed by atoms with Crippen LogP contribution < -0.4 is 9.47 Å². The van der Waals surface area contributed by atoms with E-state index >= 15 is 0 Å². The van der Waals surface area contributed by atoms with Gasteiger partial charge < -0.3 is 19.5 Å². The number of aromatic hydroxyl groups is 1. The van der Waals surface area contributed by atoms with Gasteiger partial charge in [-0.15, -0.1) is 0 Å². The molecular weight excluding hydrogens is 466 g/mol. The fourth-order valence-electron chi connectivity index (χ4n) is 4.84. The van der Waals surface area contributed by atoms with E-state index < -0.39 is 6.04 Å². The van der Waals surface area contributed by atoms with Gasteiger partial charge in [0.1, 0.15) is 17.1 Å². The van der Waals surface area contributed by atoms with Crippen molar-refractivity contribution < 1.29 is 19.4 Å². The molecule has 37 heavy (non-hydrogen) atoms. The molecule has 1 amide bonds. The summed E-state index contributed by atoms with van der Waals surface area (Å²) in [6.45, 7) is 5.60. The minimum atomic E-state index is -0.404. The second-order valence-corrected chi connectivity index (χ2v) is 9.00. The van der Waals surface area contributed by atoms with E-state index in [9.17, 15) is 9.90 Å². The summed E-state index contributed by atoms with van der Waals surface area (Å²) in [5.74, 6) is 1.32. The maximum Gasteiger partial charge on any atom is 0.273 e. The molecule has 0 aliphatic carbocycles. The van der Waals surface area contributed by atoms with Crippen molar-refractivity contribution in [2.24, 2.45) is 0 Å². The highest BCUT2D eigenvalue weighted by Gasteiger charge is 2.42. The molecule has 0 bridgehead atoms. The molecule has 2 N–H and O–H groups in total. The number of amides is 1. The van der Waals surface area contributed by atoms with Crippen LogP contribution in [0.4, 0.5) is 0 Å². The van der Waals surface area contributed by atoms with Gasteiger partial charge in [0.05, 0.1) is 19.3 Å². The number of H-pyrrole nitrogens is 1. The molecule has 7 nitrogen and oxygen atoms in total. The number of phenolic OH excluding ortho intramolecular Hbond substituents is 1. The highest BCUT2D eigenvalue weighted by atomic mass is 16.5. The third-order valence-corrected chi connectivity index (χ3v) is 6.55. The largest absolute Gasteiger partial charge is 0.507 e. The van der Waals surface area contributed by atoms with E-state index in [0.29, 0.717) is 54.6 Å². The normalized spacial score (nSPS) is 14.6. The molecule has 1 aromatic heterocycles. The lowest BCUT2D eigenvalue weighted by Crippen LogP contribution is -2.31. The fourth-order valence-corrected chi connectivity index (χ4v) is 4.84. The molecule has 4 aromatic rings. The number of carbonyl (C=O) groups excluding carboxylic acids is 1. The summed E-state index contributed by atoms with van der Waals surface area (Å²) in [4.78, 5) is 15.6. The van der Waals surface area contributed by atoms with E-state index in [0.717, 1.165) is 23.1 Å². The van der Waals surface area contributed by atoms with Gasteiger partial charge in [0.2, 0.25) is 0 Å². The number of aromatic amines is 1. The van der Waals surface area contributed by atoms with Crippen molar-refractivity contribution >= 4 is 5.91 Å². The van der Waals surface area contributed by atoms with Crippen molar-refractivity contribution in [3.05, 3.63) is 95.2 Å². The fraction of sp³-hybridized carbons (Fsp3) is 0.267. The summed E-state index contributed by atoms with van der Waals surface area (Å²) < 4.78 is 11.9. The molecular formula is C30H31N3O4. The Hall–Kier alpha value is -4.26. The summed E-state index contributed by atoms with van der Waals surface area (Å²) in [5.41, 5.74) is 4.39. The van der Waals surface area contributed by atoms with Crippen LogP contribution in [0.25, 0.3) is 11.3 Å². The molecule has 0 radical (unpaired) electrons. The number of fused-ring (bicyclic) bond motifs is 1. The molecule has 0 spiro atoms. The van der Waals surface area contributed by atoms with Crippen molar-refractivity contribution in [1.82, 2.24) is 15.1 Å². The Morgan fingerprint density at radius 1 is 0.973 bits per heavy atom. The molecule has 7 heteroatoms. The smallest absolute Gasteiger partial charge is 0.273 e. The number of ether oxygens (including phenoxy) is 2. The number of hydrogen-bond donors (Lipinski definition) is 2. The van der Waals surface area contributed by atoms with Crippen LogP contribution in [0.3, 0.4) is 0 Å². The first-order valence-electron chi connectivity index (χ1n) is 12.7. The minimum Gasteiger partial charge on any atom is -0.507 e. The quantitative estimate of drug-likeness (QED) is 0.291. The highest BCUT2D eigenvalue weighted by molar-refractivity contribution is 6.00. The molecule has 5 rings (SSSR count). The molecule has 190 valence electrons.